The third-order valence-electron chi connectivity index (χ3n) is 4.64. The summed E-state index contributed by atoms with van der Waals surface area (Å²) < 4.78 is 0. The number of carbonyl (C=O) groups is 1. The van der Waals surface area contributed by atoms with Gasteiger partial charge >= 0.3 is 0 Å². The number of aryl methyl sites for hydroxylation is 2. The Hall–Kier alpha value is -1.68. The predicted molar refractivity (Wildman–Crippen MR) is 95.7 cm³/mol. The van der Waals surface area contributed by atoms with Crippen LogP contribution in [0.5, 0.6) is 0 Å². The number of aromatic nitrogens is 1. The van der Waals surface area contributed by atoms with Gasteiger partial charge in [-0.1, -0.05) is 36.8 Å². The molecule has 4 heteroatoms. The average molecular weight is 328 g/mol. The molecule has 3 nitrogen and oxygen atoms in total. The molecule has 1 amide bonds. The number of nitrogens with zero attached hydrogens (tertiary/aromatic N) is 2. The zero-order chi connectivity index (χ0) is 16.4. The summed E-state index contributed by atoms with van der Waals surface area (Å²) in [5.74, 6) is 0.997. The molecular weight excluding hydrogens is 304 g/mol. The van der Waals surface area contributed by atoms with Crippen molar-refractivity contribution in [2.45, 2.75) is 40.0 Å². The Balaban J connectivity index is 1.71. The van der Waals surface area contributed by atoms with Gasteiger partial charge in [0.1, 0.15) is 5.01 Å². The zero-order valence-electron chi connectivity index (χ0n) is 14.1. The summed E-state index contributed by atoms with van der Waals surface area (Å²) in [6.07, 6.45) is 2.74. The highest BCUT2D eigenvalue weighted by molar-refractivity contribution is 7.15. The van der Waals surface area contributed by atoms with Gasteiger partial charge in [-0.2, -0.15) is 0 Å². The number of likely N-dealkylation sites (tertiary alicyclic amines) is 1. The normalized spacial score (nSPS) is 15.9. The number of benzene rings is 1. The molecule has 1 aliphatic rings. The highest BCUT2D eigenvalue weighted by Gasteiger charge is 2.22. The largest absolute Gasteiger partial charge is 0.342 e. The van der Waals surface area contributed by atoms with Crippen LogP contribution < -0.4 is 0 Å². The first-order chi connectivity index (χ1) is 11.0. The van der Waals surface area contributed by atoms with E-state index in [-0.39, 0.29) is 5.91 Å². The van der Waals surface area contributed by atoms with Crippen LogP contribution in [0.15, 0.2) is 24.3 Å². The number of rotatable bonds is 3. The van der Waals surface area contributed by atoms with Crippen molar-refractivity contribution in [3.8, 4) is 10.6 Å². The van der Waals surface area contributed by atoms with E-state index in [0.717, 1.165) is 53.0 Å². The second-order valence-corrected chi connectivity index (χ2v) is 7.72. The first-order valence-electron chi connectivity index (χ1n) is 8.34. The van der Waals surface area contributed by atoms with Crippen LogP contribution >= 0.6 is 11.3 Å². The average Bonchev–Trinajstić information content (AvgIpc) is 2.89. The highest BCUT2D eigenvalue weighted by Crippen LogP contribution is 2.29. The van der Waals surface area contributed by atoms with Gasteiger partial charge in [0.15, 0.2) is 0 Å². The van der Waals surface area contributed by atoms with Gasteiger partial charge in [-0.25, -0.2) is 4.98 Å². The smallest absolute Gasteiger partial charge is 0.227 e. The van der Waals surface area contributed by atoms with Crippen molar-refractivity contribution in [1.82, 2.24) is 9.88 Å². The Morgan fingerprint density at radius 2 is 1.87 bits per heavy atom. The molecule has 1 aromatic carbocycles. The fraction of sp³-hybridized carbons (Fsp3) is 0.474. The molecular formula is C19H24N2OS. The van der Waals surface area contributed by atoms with Gasteiger partial charge in [-0.05, 0) is 32.6 Å². The quantitative estimate of drug-likeness (QED) is 0.845. The summed E-state index contributed by atoms with van der Waals surface area (Å²) in [5.41, 5.74) is 3.37. The molecule has 1 saturated heterocycles. The molecule has 0 saturated carbocycles. The van der Waals surface area contributed by atoms with Crippen LogP contribution in [0, 0.1) is 19.8 Å². The molecule has 0 aliphatic carbocycles. The van der Waals surface area contributed by atoms with E-state index >= 15 is 0 Å². The molecule has 1 aromatic heterocycles. The molecule has 2 aromatic rings. The molecule has 2 heterocycles. The van der Waals surface area contributed by atoms with Crippen molar-refractivity contribution >= 4 is 17.2 Å². The van der Waals surface area contributed by atoms with E-state index in [2.05, 4.69) is 43.1 Å². The lowest BCUT2D eigenvalue weighted by Crippen LogP contribution is -2.38. The number of amides is 1. The maximum absolute atomic E-state index is 12.5. The lowest BCUT2D eigenvalue weighted by molar-refractivity contribution is -0.131. The highest BCUT2D eigenvalue weighted by atomic mass is 32.1. The topological polar surface area (TPSA) is 33.2 Å². The lowest BCUT2D eigenvalue weighted by Gasteiger charge is -2.30. The third-order valence-corrected chi connectivity index (χ3v) is 5.85. The first-order valence-corrected chi connectivity index (χ1v) is 9.15. The van der Waals surface area contributed by atoms with Crippen molar-refractivity contribution in [2.24, 2.45) is 5.92 Å². The maximum Gasteiger partial charge on any atom is 0.227 e. The van der Waals surface area contributed by atoms with E-state index in [1.54, 1.807) is 11.3 Å². The van der Waals surface area contributed by atoms with E-state index in [1.165, 1.54) is 5.56 Å². The summed E-state index contributed by atoms with van der Waals surface area (Å²) in [5, 5.41) is 1.01. The molecule has 1 fully saturated rings. The predicted octanol–water partition coefficient (Wildman–Crippen LogP) is 4.23. The number of hydrogen-bond donors (Lipinski definition) is 0. The van der Waals surface area contributed by atoms with Gasteiger partial charge in [0.05, 0.1) is 12.1 Å². The third kappa shape index (κ3) is 3.81. The molecule has 0 radical (unpaired) electrons. The molecule has 1 aliphatic heterocycles. The summed E-state index contributed by atoms with van der Waals surface area (Å²) in [6, 6.07) is 8.41. The first kappa shape index (κ1) is 16.2. The Kier molecular flexibility index (Phi) is 4.81. The van der Waals surface area contributed by atoms with Gasteiger partial charge in [0.2, 0.25) is 5.91 Å². The Morgan fingerprint density at radius 3 is 2.52 bits per heavy atom. The van der Waals surface area contributed by atoms with Gasteiger partial charge < -0.3 is 4.90 Å². The van der Waals surface area contributed by atoms with Crippen molar-refractivity contribution in [3.05, 3.63) is 40.4 Å². The van der Waals surface area contributed by atoms with E-state index < -0.39 is 0 Å². The monoisotopic (exact) mass is 328 g/mol. The molecule has 122 valence electrons. The van der Waals surface area contributed by atoms with Gasteiger partial charge in [0.25, 0.3) is 0 Å². The van der Waals surface area contributed by atoms with Crippen LogP contribution in [0.1, 0.15) is 35.9 Å². The molecule has 0 atom stereocenters. The fourth-order valence-corrected chi connectivity index (χ4v) is 3.98. The maximum atomic E-state index is 12.5. The van der Waals surface area contributed by atoms with Crippen LogP contribution in [0.4, 0.5) is 0 Å². The van der Waals surface area contributed by atoms with E-state index in [0.29, 0.717) is 6.42 Å². The summed E-state index contributed by atoms with van der Waals surface area (Å²) in [6.45, 7) is 8.17. The van der Waals surface area contributed by atoms with Crippen molar-refractivity contribution in [1.29, 1.82) is 0 Å². The Labute approximate surface area is 142 Å². The van der Waals surface area contributed by atoms with Crippen LogP contribution in [-0.2, 0) is 11.2 Å². The Morgan fingerprint density at radius 1 is 1.22 bits per heavy atom. The Bertz CT molecular complexity index is 682. The minimum Gasteiger partial charge on any atom is -0.342 e. The second-order valence-electron chi connectivity index (χ2n) is 6.63. The van der Waals surface area contributed by atoms with E-state index in [4.69, 9.17) is 0 Å². The lowest BCUT2D eigenvalue weighted by atomic mass is 9.99. The van der Waals surface area contributed by atoms with Crippen molar-refractivity contribution < 1.29 is 4.79 Å². The number of carbonyl (C=O) groups excluding carboxylic acids is 1. The van der Waals surface area contributed by atoms with Crippen molar-refractivity contribution in [3.63, 3.8) is 0 Å². The zero-order valence-corrected chi connectivity index (χ0v) is 14.9. The number of piperidine rings is 1. The minimum atomic E-state index is 0.249. The fourth-order valence-electron chi connectivity index (χ4n) is 2.92. The minimum absolute atomic E-state index is 0.249. The van der Waals surface area contributed by atoms with Crippen LogP contribution in [0.3, 0.4) is 0 Å². The van der Waals surface area contributed by atoms with Gasteiger partial charge in [-0.3, -0.25) is 4.79 Å². The van der Waals surface area contributed by atoms with Crippen LogP contribution in [-0.4, -0.2) is 28.9 Å². The van der Waals surface area contributed by atoms with Crippen LogP contribution in [0.25, 0.3) is 10.6 Å². The standard InChI is InChI=1S/C19H24N2OS/c1-13-4-6-16(7-5-13)19-20-15(3)17(23-19)12-18(22)21-10-8-14(2)9-11-21/h4-7,14H,8-12H2,1-3H3. The molecule has 0 spiro atoms. The summed E-state index contributed by atoms with van der Waals surface area (Å²) in [4.78, 5) is 20.3. The molecule has 0 N–H and O–H groups in total. The van der Waals surface area contributed by atoms with E-state index in [9.17, 15) is 4.79 Å². The number of thiazole rings is 1. The molecule has 0 bridgehead atoms. The second kappa shape index (κ2) is 6.83. The van der Waals surface area contributed by atoms with Gasteiger partial charge in [0, 0.05) is 23.5 Å². The number of hydrogen-bond acceptors (Lipinski definition) is 3. The molecule has 23 heavy (non-hydrogen) atoms. The van der Waals surface area contributed by atoms with Crippen molar-refractivity contribution in [2.75, 3.05) is 13.1 Å². The SMILES string of the molecule is Cc1ccc(-c2nc(C)c(CC(=O)N3CCC(C)CC3)s2)cc1. The summed E-state index contributed by atoms with van der Waals surface area (Å²) >= 11 is 1.65. The molecule has 0 unspecified atom stereocenters. The van der Waals surface area contributed by atoms with E-state index in [1.807, 2.05) is 11.8 Å². The molecule has 3 rings (SSSR count). The van der Waals surface area contributed by atoms with Gasteiger partial charge in [-0.15, -0.1) is 11.3 Å². The summed E-state index contributed by atoms with van der Waals surface area (Å²) in [7, 11) is 0. The van der Waals surface area contributed by atoms with Crippen LogP contribution in [0.2, 0.25) is 0 Å².